The van der Waals surface area contributed by atoms with E-state index >= 15 is 0 Å². The maximum atomic E-state index is 12.2. The zero-order valence-corrected chi connectivity index (χ0v) is 14.1. The maximum absolute atomic E-state index is 12.2. The molecule has 0 unspecified atom stereocenters. The van der Waals surface area contributed by atoms with Gasteiger partial charge in [-0.3, -0.25) is 4.79 Å². The topological polar surface area (TPSA) is 54.4 Å². The van der Waals surface area contributed by atoms with Crippen molar-refractivity contribution in [2.24, 2.45) is 5.41 Å². The number of carboxylic acids is 1. The second kappa shape index (κ2) is 7.91. The van der Waals surface area contributed by atoms with Crippen molar-refractivity contribution < 1.29 is 18.8 Å². The third-order valence-electron chi connectivity index (χ3n) is 3.84. The van der Waals surface area contributed by atoms with Crippen LogP contribution in [0.15, 0.2) is 58.7 Å². The number of hydrogen-bond acceptors (Lipinski definition) is 2. The van der Waals surface area contributed by atoms with Crippen LogP contribution < -0.4 is 0 Å². The van der Waals surface area contributed by atoms with Gasteiger partial charge in [-0.1, -0.05) is 49.8 Å². The molecule has 0 atom stereocenters. The first kappa shape index (κ1) is 14.4. The van der Waals surface area contributed by atoms with Gasteiger partial charge in [-0.2, -0.15) is 0 Å². The first-order chi connectivity index (χ1) is 11.8. The van der Waals surface area contributed by atoms with E-state index in [9.17, 15) is 9.59 Å². The predicted molar refractivity (Wildman–Crippen MR) is 94.2 cm³/mol. The lowest BCUT2D eigenvalue weighted by Gasteiger charge is -2.32. The van der Waals surface area contributed by atoms with Gasteiger partial charge < -0.3 is 5.11 Å². The lowest BCUT2D eigenvalue weighted by molar-refractivity contribution is -0.131. The Hall–Kier alpha value is -2.16. The van der Waals surface area contributed by atoms with Gasteiger partial charge in [0.15, 0.2) is 5.78 Å². The molecule has 3 heteroatoms. The molecule has 0 bridgehead atoms. The number of carbonyl (C=O) groups excluding carboxylic acids is 1. The number of ketones is 1. The molecule has 0 aromatic rings. The number of rotatable bonds is 5. The fraction of sp³-hybridized carbons (Fsp3) is 0.400. The van der Waals surface area contributed by atoms with Gasteiger partial charge in [-0.05, 0) is 49.3 Å². The van der Waals surface area contributed by atoms with E-state index in [1.807, 2.05) is 20.8 Å². The van der Waals surface area contributed by atoms with Gasteiger partial charge in [0, 0.05) is 16.6 Å². The number of carboxylic acid groups (broad SMARTS) is 1. The highest BCUT2D eigenvalue weighted by molar-refractivity contribution is 5.97. The van der Waals surface area contributed by atoms with Gasteiger partial charge in [0.05, 0.1) is 0 Å². The van der Waals surface area contributed by atoms with E-state index < -0.39 is 12.8 Å². The van der Waals surface area contributed by atoms with E-state index in [1.165, 1.54) is 0 Å². The van der Waals surface area contributed by atoms with Gasteiger partial charge >= 0.3 is 5.97 Å². The first-order valence-corrected chi connectivity index (χ1v) is 7.57. The average molecular weight is 318 g/mol. The normalized spacial score (nSPS) is 22.4. The second-order valence-corrected chi connectivity index (χ2v) is 6.43. The van der Waals surface area contributed by atoms with Gasteiger partial charge in [0.1, 0.15) is 0 Å². The Morgan fingerprint density at radius 3 is 2.57 bits per heavy atom. The molecule has 0 saturated carbocycles. The summed E-state index contributed by atoms with van der Waals surface area (Å²) < 4.78 is 23.1. The summed E-state index contributed by atoms with van der Waals surface area (Å²) in [7, 11) is 0. The van der Waals surface area contributed by atoms with Crippen LogP contribution in [0.2, 0.25) is 0 Å². The van der Waals surface area contributed by atoms with Crippen LogP contribution in [0.4, 0.5) is 0 Å². The third kappa shape index (κ3) is 5.85. The van der Waals surface area contributed by atoms with Gasteiger partial charge in [0.2, 0.25) is 0 Å². The van der Waals surface area contributed by atoms with Crippen molar-refractivity contribution in [3.63, 3.8) is 0 Å². The minimum absolute atomic E-state index is 0.0615. The van der Waals surface area contributed by atoms with Crippen LogP contribution in [0.25, 0.3) is 0 Å². The van der Waals surface area contributed by atoms with Crippen LogP contribution >= 0.6 is 0 Å². The molecular formula is C20H26O3. The largest absolute Gasteiger partial charge is 0.478 e. The Labute approximate surface area is 143 Å². The minimum atomic E-state index is -2.43. The van der Waals surface area contributed by atoms with Crippen molar-refractivity contribution in [3.05, 3.63) is 58.7 Å². The summed E-state index contributed by atoms with van der Waals surface area (Å²) in [6.45, 7) is 5.01. The average Bonchev–Trinajstić information content (AvgIpc) is 2.46. The fourth-order valence-electron chi connectivity index (χ4n) is 2.35. The Morgan fingerprint density at radius 2 is 1.96 bits per heavy atom. The smallest absolute Gasteiger partial charge is 0.328 e. The molecule has 0 aromatic heterocycles. The number of aliphatic carboxylic acids is 1. The Balaban J connectivity index is 3.15. The molecule has 1 aliphatic rings. The van der Waals surface area contributed by atoms with E-state index in [0.29, 0.717) is 17.6 Å². The Kier molecular flexibility index (Phi) is 4.96. The molecule has 0 radical (unpaired) electrons. The maximum Gasteiger partial charge on any atom is 0.328 e. The zero-order chi connectivity index (χ0) is 20.1. The standard InChI is InChI=1S/C20H26O3/c1-14(7-6-8-15(2)13-19(22)23)9-10-17-16(3)18(21)11-12-20(17,4)5/h6-10,13H,11-12H2,1-5H3,(H,22,23)/b8-6+,10-9+,14-7-,15-13+/i3+1D3. The molecule has 1 N–H and O–H groups in total. The third-order valence-corrected chi connectivity index (χ3v) is 3.84. The lowest BCUT2D eigenvalue weighted by Crippen LogP contribution is -2.24. The molecule has 1 aliphatic carbocycles. The molecule has 3 nitrogen and oxygen atoms in total. The van der Waals surface area contributed by atoms with Crippen LogP contribution in [0.5, 0.6) is 0 Å². The summed E-state index contributed by atoms with van der Waals surface area (Å²) in [4.78, 5) is 22.8. The summed E-state index contributed by atoms with van der Waals surface area (Å²) in [5, 5.41) is 8.67. The van der Waals surface area contributed by atoms with E-state index in [-0.39, 0.29) is 23.2 Å². The molecule has 0 amide bonds. The van der Waals surface area contributed by atoms with Crippen molar-refractivity contribution in [2.75, 3.05) is 0 Å². The number of carbonyl (C=O) groups is 2. The first-order valence-electron chi connectivity index (χ1n) is 9.07. The molecule has 0 aliphatic heterocycles. The zero-order valence-electron chi connectivity index (χ0n) is 17.1. The van der Waals surface area contributed by atoms with Gasteiger partial charge in [-0.25, -0.2) is 4.79 Å². The number of allylic oxidation sites excluding steroid dienone is 9. The molecule has 1 rings (SSSR count). The predicted octanol–water partition coefficient (Wildman–Crippen LogP) is 4.78. The van der Waals surface area contributed by atoms with E-state index in [1.54, 1.807) is 37.3 Å². The molecule has 0 fully saturated rings. The Bertz CT molecular complexity index is 730. The summed E-state index contributed by atoms with van der Waals surface area (Å²) >= 11 is 0. The summed E-state index contributed by atoms with van der Waals surface area (Å²) in [5.74, 6) is -1.30. The highest BCUT2D eigenvalue weighted by Gasteiger charge is 2.30. The van der Waals surface area contributed by atoms with Crippen molar-refractivity contribution in [1.29, 1.82) is 0 Å². The van der Waals surface area contributed by atoms with E-state index in [2.05, 4.69) is 0 Å². The molecule has 23 heavy (non-hydrogen) atoms. The molecular weight excluding hydrogens is 289 g/mol. The highest BCUT2D eigenvalue weighted by atomic mass is 16.4. The summed E-state index contributed by atoms with van der Waals surface area (Å²) in [6.07, 6.45) is 10.7. The Morgan fingerprint density at radius 1 is 1.26 bits per heavy atom. The second-order valence-electron chi connectivity index (χ2n) is 6.43. The van der Waals surface area contributed by atoms with Crippen molar-refractivity contribution in [3.8, 4) is 0 Å². The van der Waals surface area contributed by atoms with Crippen LogP contribution in [0, 0.1) is 5.41 Å². The molecule has 124 valence electrons. The minimum Gasteiger partial charge on any atom is -0.478 e. The van der Waals surface area contributed by atoms with Crippen LogP contribution in [-0.2, 0) is 9.59 Å². The highest BCUT2D eigenvalue weighted by Crippen LogP contribution is 2.39. The monoisotopic (exact) mass is 318 g/mol. The van der Waals surface area contributed by atoms with Gasteiger partial charge in [-0.15, -0.1) is 0 Å². The van der Waals surface area contributed by atoms with Crippen molar-refractivity contribution in [2.45, 2.75) is 47.4 Å². The molecule has 0 heterocycles. The van der Waals surface area contributed by atoms with E-state index in [4.69, 9.17) is 9.22 Å². The van der Waals surface area contributed by atoms with Crippen molar-refractivity contribution >= 4 is 11.8 Å². The summed E-state index contributed by atoms with van der Waals surface area (Å²) in [5.41, 5.74) is 1.58. The SMILES string of the molecule is [2H][13C]([2H])([2H])C1=C(/C=C/C(C)=C\C=C\C(C)=C\C(=O)O)C(C)(C)CCC1=O. The molecule has 0 saturated heterocycles. The quantitative estimate of drug-likeness (QED) is 0.451. The lowest BCUT2D eigenvalue weighted by atomic mass is 9.73. The number of Topliss-reactive ketones (excluding diaryl/α,β-unsaturated/α-hetero) is 1. The van der Waals surface area contributed by atoms with Crippen molar-refractivity contribution in [1.82, 2.24) is 0 Å². The number of hydrogen-bond donors (Lipinski definition) is 1. The van der Waals surface area contributed by atoms with Crippen LogP contribution in [-0.4, -0.2) is 16.9 Å². The molecule has 0 spiro atoms. The fourth-order valence-corrected chi connectivity index (χ4v) is 2.35. The molecule has 0 aromatic carbocycles. The summed E-state index contributed by atoms with van der Waals surface area (Å²) in [6, 6.07) is 0. The van der Waals surface area contributed by atoms with Crippen LogP contribution in [0.3, 0.4) is 0 Å². The van der Waals surface area contributed by atoms with Crippen LogP contribution in [0.1, 0.15) is 51.5 Å². The van der Waals surface area contributed by atoms with Gasteiger partial charge in [0.25, 0.3) is 0 Å². The van der Waals surface area contributed by atoms with E-state index in [0.717, 1.165) is 11.6 Å².